The average molecular weight is 295 g/mol. The monoisotopic (exact) mass is 295 g/mol. The van der Waals surface area contributed by atoms with Gasteiger partial charge >= 0.3 is 5.97 Å². The minimum atomic E-state index is -1.13. The molecule has 0 radical (unpaired) electrons. The van der Waals surface area contributed by atoms with Gasteiger partial charge in [0.05, 0.1) is 6.10 Å². The van der Waals surface area contributed by atoms with Crippen molar-refractivity contribution in [1.82, 2.24) is 5.32 Å². The molecule has 0 aromatic carbocycles. The molecule has 3 saturated carbocycles. The molecule has 1 amide bonds. The molecule has 0 aromatic rings. The van der Waals surface area contributed by atoms with Crippen molar-refractivity contribution in [2.75, 3.05) is 6.61 Å². The van der Waals surface area contributed by atoms with Gasteiger partial charge in [0.1, 0.15) is 5.41 Å². The Kier molecular flexibility index (Phi) is 3.72. The van der Waals surface area contributed by atoms with Crippen LogP contribution in [-0.4, -0.2) is 35.7 Å². The third kappa shape index (κ3) is 2.26. The van der Waals surface area contributed by atoms with Crippen LogP contribution < -0.4 is 5.32 Å². The van der Waals surface area contributed by atoms with E-state index in [-0.39, 0.29) is 23.5 Å². The van der Waals surface area contributed by atoms with Gasteiger partial charge in [0.2, 0.25) is 5.91 Å². The van der Waals surface area contributed by atoms with Gasteiger partial charge in [-0.05, 0) is 39.0 Å². The summed E-state index contributed by atoms with van der Waals surface area (Å²) in [6.45, 7) is 2.71. The Morgan fingerprint density at radius 1 is 1.19 bits per heavy atom. The van der Waals surface area contributed by atoms with Gasteiger partial charge in [-0.3, -0.25) is 9.59 Å². The molecule has 5 heteroatoms. The molecule has 2 unspecified atom stereocenters. The highest BCUT2D eigenvalue weighted by molar-refractivity contribution is 6.05. The van der Waals surface area contributed by atoms with Gasteiger partial charge in [-0.15, -0.1) is 0 Å². The summed E-state index contributed by atoms with van der Waals surface area (Å²) < 4.78 is 5.86. The van der Waals surface area contributed by atoms with Crippen LogP contribution in [0.1, 0.15) is 58.3 Å². The maximum Gasteiger partial charge on any atom is 0.319 e. The van der Waals surface area contributed by atoms with E-state index in [0.29, 0.717) is 19.4 Å². The molecule has 3 aliphatic rings. The Balaban J connectivity index is 1.68. The van der Waals surface area contributed by atoms with Crippen molar-refractivity contribution in [1.29, 1.82) is 0 Å². The van der Waals surface area contributed by atoms with Crippen molar-refractivity contribution < 1.29 is 19.4 Å². The molecule has 0 heterocycles. The summed E-state index contributed by atoms with van der Waals surface area (Å²) in [6.07, 6.45) is 7.79. The second kappa shape index (κ2) is 5.27. The third-order valence-electron chi connectivity index (χ3n) is 5.84. The van der Waals surface area contributed by atoms with Gasteiger partial charge in [0.25, 0.3) is 0 Å². The van der Waals surface area contributed by atoms with Crippen LogP contribution in [0, 0.1) is 10.8 Å². The molecule has 0 saturated heterocycles. The van der Waals surface area contributed by atoms with E-state index >= 15 is 0 Å². The maximum atomic E-state index is 12.3. The largest absolute Gasteiger partial charge is 0.480 e. The van der Waals surface area contributed by atoms with E-state index in [9.17, 15) is 14.7 Å². The molecule has 118 valence electrons. The molecule has 0 aliphatic heterocycles. The number of carbonyl (C=O) groups is 2. The van der Waals surface area contributed by atoms with Crippen molar-refractivity contribution in [2.45, 2.75) is 70.4 Å². The molecular weight excluding hydrogens is 270 g/mol. The summed E-state index contributed by atoms with van der Waals surface area (Å²) in [6, 6.07) is 0.0960. The first-order valence-electron chi connectivity index (χ1n) is 8.21. The summed E-state index contributed by atoms with van der Waals surface area (Å²) in [4.78, 5) is 23.6. The number of aliphatic carboxylic acids is 1. The zero-order chi connectivity index (χ0) is 15.1. The lowest BCUT2D eigenvalue weighted by Crippen LogP contribution is -2.66. The van der Waals surface area contributed by atoms with E-state index in [4.69, 9.17) is 4.74 Å². The molecular formula is C16H25NO4. The zero-order valence-corrected chi connectivity index (χ0v) is 12.7. The number of hydrogen-bond donors (Lipinski definition) is 2. The molecule has 0 aromatic heterocycles. The van der Waals surface area contributed by atoms with E-state index in [1.807, 2.05) is 6.92 Å². The topological polar surface area (TPSA) is 75.6 Å². The maximum absolute atomic E-state index is 12.3. The minimum absolute atomic E-state index is 0.0541. The van der Waals surface area contributed by atoms with Crippen molar-refractivity contribution in [2.24, 2.45) is 10.8 Å². The van der Waals surface area contributed by atoms with E-state index in [2.05, 4.69) is 5.32 Å². The smallest absolute Gasteiger partial charge is 0.319 e. The molecule has 5 nitrogen and oxygen atoms in total. The minimum Gasteiger partial charge on any atom is -0.480 e. The van der Waals surface area contributed by atoms with Gasteiger partial charge in [-0.25, -0.2) is 0 Å². The molecule has 1 spiro atoms. The number of nitrogens with one attached hydrogen (secondary N) is 1. The first-order valence-corrected chi connectivity index (χ1v) is 8.21. The SMILES string of the molecule is CCOC1CC(NC(=O)C2(C(=O)O)CC2)C12CCCCC2. The summed E-state index contributed by atoms with van der Waals surface area (Å²) in [5.74, 6) is -1.25. The Hall–Kier alpha value is -1.10. The fraction of sp³-hybridized carbons (Fsp3) is 0.875. The lowest BCUT2D eigenvalue weighted by Gasteiger charge is -2.57. The second-order valence-corrected chi connectivity index (χ2v) is 6.89. The van der Waals surface area contributed by atoms with Crippen LogP contribution in [-0.2, 0) is 14.3 Å². The summed E-state index contributed by atoms with van der Waals surface area (Å²) in [5, 5.41) is 12.3. The van der Waals surface area contributed by atoms with Crippen LogP contribution in [0.2, 0.25) is 0 Å². The van der Waals surface area contributed by atoms with Crippen molar-refractivity contribution in [3.63, 3.8) is 0 Å². The number of ether oxygens (including phenoxy) is 1. The highest BCUT2D eigenvalue weighted by atomic mass is 16.5. The van der Waals surface area contributed by atoms with E-state index in [0.717, 1.165) is 19.3 Å². The van der Waals surface area contributed by atoms with Gasteiger partial charge in [-0.1, -0.05) is 19.3 Å². The number of amides is 1. The standard InChI is InChI=1S/C16H25NO4/c1-2-21-12-10-11(15(12)6-4-3-5-7-15)17-13(18)16(8-9-16)14(19)20/h11-12H,2-10H2,1H3,(H,17,18)(H,19,20). The highest BCUT2D eigenvalue weighted by Crippen LogP contribution is 2.54. The third-order valence-corrected chi connectivity index (χ3v) is 5.84. The molecule has 3 rings (SSSR count). The highest BCUT2D eigenvalue weighted by Gasteiger charge is 2.61. The van der Waals surface area contributed by atoms with Crippen LogP contribution in [0.15, 0.2) is 0 Å². The van der Waals surface area contributed by atoms with E-state index < -0.39 is 11.4 Å². The molecule has 3 aliphatic carbocycles. The summed E-state index contributed by atoms with van der Waals surface area (Å²) in [5.41, 5.74) is -1.08. The number of carboxylic acid groups (broad SMARTS) is 1. The number of hydrogen-bond acceptors (Lipinski definition) is 3. The zero-order valence-electron chi connectivity index (χ0n) is 12.7. The van der Waals surface area contributed by atoms with Crippen molar-refractivity contribution in [3.8, 4) is 0 Å². The normalized spacial score (nSPS) is 32.2. The summed E-state index contributed by atoms with van der Waals surface area (Å²) >= 11 is 0. The molecule has 3 fully saturated rings. The van der Waals surface area contributed by atoms with E-state index in [1.54, 1.807) is 0 Å². The van der Waals surface area contributed by atoms with Crippen LogP contribution in [0.3, 0.4) is 0 Å². The Bertz CT molecular complexity index is 438. The number of carbonyl (C=O) groups excluding carboxylic acids is 1. The van der Waals surface area contributed by atoms with Crippen LogP contribution in [0.25, 0.3) is 0 Å². The predicted molar refractivity (Wildman–Crippen MR) is 76.8 cm³/mol. The lowest BCUT2D eigenvalue weighted by atomic mass is 9.55. The van der Waals surface area contributed by atoms with Gasteiger partial charge in [0, 0.05) is 18.1 Å². The fourth-order valence-electron chi connectivity index (χ4n) is 4.23. The number of rotatable bonds is 5. The summed E-state index contributed by atoms with van der Waals surface area (Å²) in [7, 11) is 0. The van der Waals surface area contributed by atoms with Gasteiger partial charge in [-0.2, -0.15) is 0 Å². The Morgan fingerprint density at radius 3 is 2.38 bits per heavy atom. The molecule has 2 atom stereocenters. The lowest BCUT2D eigenvalue weighted by molar-refractivity contribution is -0.162. The predicted octanol–water partition coefficient (Wildman–Crippen LogP) is 2.10. The first kappa shape index (κ1) is 14.8. The number of carboxylic acids is 1. The van der Waals surface area contributed by atoms with Crippen molar-refractivity contribution in [3.05, 3.63) is 0 Å². The van der Waals surface area contributed by atoms with Crippen molar-refractivity contribution >= 4 is 11.9 Å². The Labute approximate surface area is 125 Å². The molecule has 21 heavy (non-hydrogen) atoms. The van der Waals surface area contributed by atoms with Gasteiger partial charge in [0.15, 0.2) is 0 Å². The van der Waals surface area contributed by atoms with Crippen LogP contribution in [0.5, 0.6) is 0 Å². The van der Waals surface area contributed by atoms with Gasteiger partial charge < -0.3 is 15.2 Å². The molecule has 0 bridgehead atoms. The fourth-order valence-corrected chi connectivity index (χ4v) is 4.23. The first-order chi connectivity index (χ1) is 10.0. The van der Waals surface area contributed by atoms with E-state index in [1.165, 1.54) is 19.3 Å². The Morgan fingerprint density at radius 2 is 1.86 bits per heavy atom. The molecule has 2 N–H and O–H groups in total. The quantitative estimate of drug-likeness (QED) is 0.762. The average Bonchev–Trinajstić information content (AvgIpc) is 3.28. The van der Waals surface area contributed by atoms with Crippen LogP contribution in [0.4, 0.5) is 0 Å². The van der Waals surface area contributed by atoms with Crippen LogP contribution >= 0.6 is 0 Å². The second-order valence-electron chi connectivity index (χ2n) is 6.89.